The Bertz CT molecular complexity index is 1500. The molecular formula is C32H28N4O2S. The van der Waals surface area contributed by atoms with Gasteiger partial charge in [-0.1, -0.05) is 84.9 Å². The van der Waals surface area contributed by atoms with Gasteiger partial charge in [-0.05, 0) is 46.7 Å². The molecule has 7 heteroatoms. The number of rotatable bonds is 8. The Morgan fingerprint density at radius 2 is 1.54 bits per heavy atom. The second-order valence-corrected chi connectivity index (χ2v) is 11.0. The van der Waals surface area contributed by atoms with Crippen LogP contribution >= 0.6 is 11.8 Å². The van der Waals surface area contributed by atoms with Crippen molar-refractivity contribution in [3.8, 4) is 0 Å². The van der Waals surface area contributed by atoms with E-state index in [1.807, 2.05) is 70.6 Å². The maximum absolute atomic E-state index is 13.7. The van der Waals surface area contributed by atoms with Crippen molar-refractivity contribution in [1.29, 1.82) is 0 Å². The van der Waals surface area contributed by atoms with Gasteiger partial charge in [-0.15, -0.1) is 0 Å². The Kier molecular flexibility index (Phi) is 6.40. The first kappa shape index (κ1) is 24.2. The number of hydrogen-bond donors (Lipinski definition) is 0. The second kappa shape index (κ2) is 10.3. The second-order valence-electron chi connectivity index (χ2n) is 9.97. The normalized spacial score (nSPS) is 17.4. The molecule has 0 N–H and O–H groups in total. The summed E-state index contributed by atoms with van der Waals surface area (Å²) in [7, 11) is 0. The van der Waals surface area contributed by atoms with Gasteiger partial charge in [0, 0.05) is 42.2 Å². The Morgan fingerprint density at radius 1 is 0.846 bits per heavy atom. The topological polar surface area (TPSA) is 48.4 Å². The zero-order valence-electron chi connectivity index (χ0n) is 21.4. The third-order valence-corrected chi connectivity index (χ3v) is 8.42. The van der Waals surface area contributed by atoms with E-state index in [-0.39, 0.29) is 5.91 Å². The van der Waals surface area contributed by atoms with Crippen LogP contribution in [0.5, 0.6) is 0 Å². The van der Waals surface area contributed by atoms with Crippen molar-refractivity contribution in [2.75, 3.05) is 18.0 Å². The predicted molar refractivity (Wildman–Crippen MR) is 154 cm³/mol. The molecular weight excluding hydrogens is 504 g/mol. The first-order valence-corrected chi connectivity index (χ1v) is 14.1. The average molecular weight is 533 g/mol. The fourth-order valence-electron chi connectivity index (χ4n) is 5.44. The van der Waals surface area contributed by atoms with Gasteiger partial charge in [-0.25, -0.2) is 0 Å². The van der Waals surface area contributed by atoms with E-state index in [9.17, 15) is 4.79 Å². The highest BCUT2D eigenvalue weighted by Gasteiger charge is 2.39. The number of thioether (sulfide) groups is 1. The minimum atomic E-state index is -0.521. The number of anilines is 1. The van der Waals surface area contributed by atoms with Crippen LogP contribution in [0.3, 0.4) is 0 Å². The molecule has 0 fully saturated rings. The summed E-state index contributed by atoms with van der Waals surface area (Å²) in [5.74, 6) is -0.00623. The zero-order valence-corrected chi connectivity index (χ0v) is 22.3. The Balaban J connectivity index is 1.19. The van der Waals surface area contributed by atoms with Crippen molar-refractivity contribution in [2.24, 2.45) is 4.99 Å². The average Bonchev–Trinajstić information content (AvgIpc) is 3.64. The first-order valence-electron chi connectivity index (χ1n) is 13.3. The SMILES string of the molecule is O=C1c2ccccc2C(ON(Cc2ccccc2)Cc2ccccc2)N1Cc1ccc2c(c1)N1CCN=C1S2. The lowest BCUT2D eigenvalue weighted by Gasteiger charge is -2.31. The molecule has 1 amide bonds. The third kappa shape index (κ3) is 4.74. The highest BCUT2D eigenvalue weighted by molar-refractivity contribution is 8.14. The molecule has 0 aromatic heterocycles. The maximum atomic E-state index is 13.7. The maximum Gasteiger partial charge on any atom is 0.256 e. The summed E-state index contributed by atoms with van der Waals surface area (Å²) in [6, 6.07) is 34.9. The molecule has 0 spiro atoms. The standard InChI is InChI=1S/C32H28N4O2S/c37-30-26-13-7-8-14-27(26)31(36(30)22-25-15-16-29-28(19-25)35-18-17-33-32(35)39-29)38-34(20-23-9-3-1-4-10-23)21-24-11-5-2-6-12-24/h1-16,19,31H,17-18,20-22H2. The van der Waals surface area contributed by atoms with Crippen molar-refractivity contribution in [3.05, 3.63) is 131 Å². The van der Waals surface area contributed by atoms with Crippen LogP contribution in [0.15, 0.2) is 113 Å². The highest BCUT2D eigenvalue weighted by atomic mass is 32.2. The largest absolute Gasteiger partial charge is 0.318 e. The van der Waals surface area contributed by atoms with Crippen LogP contribution in [0.2, 0.25) is 0 Å². The minimum Gasteiger partial charge on any atom is -0.318 e. The fraction of sp³-hybridized carbons (Fsp3) is 0.188. The molecule has 6 nitrogen and oxygen atoms in total. The number of hydrogen-bond acceptors (Lipinski definition) is 6. The van der Waals surface area contributed by atoms with Gasteiger partial charge in [0.2, 0.25) is 0 Å². The number of fused-ring (bicyclic) bond motifs is 4. The molecule has 1 atom stereocenters. The lowest BCUT2D eigenvalue weighted by molar-refractivity contribution is -0.245. The van der Waals surface area contributed by atoms with Crippen LogP contribution in [-0.4, -0.2) is 34.1 Å². The number of nitrogens with zero attached hydrogens (tertiary/aromatic N) is 4. The Hall–Kier alpha value is -3.91. The van der Waals surface area contributed by atoms with E-state index in [0.717, 1.165) is 40.5 Å². The number of carbonyl (C=O) groups is 1. The van der Waals surface area contributed by atoms with Crippen molar-refractivity contribution < 1.29 is 9.63 Å². The van der Waals surface area contributed by atoms with Gasteiger partial charge in [-0.2, -0.15) is 5.06 Å². The number of benzene rings is 4. The van der Waals surface area contributed by atoms with E-state index in [0.29, 0.717) is 25.2 Å². The van der Waals surface area contributed by atoms with E-state index < -0.39 is 6.23 Å². The molecule has 0 saturated carbocycles. The smallest absolute Gasteiger partial charge is 0.256 e. The number of amidine groups is 1. The van der Waals surface area contributed by atoms with Crippen LogP contribution < -0.4 is 4.90 Å². The quantitative estimate of drug-likeness (QED) is 0.251. The van der Waals surface area contributed by atoms with Crippen LogP contribution in [0.1, 0.15) is 38.8 Å². The van der Waals surface area contributed by atoms with Crippen molar-refractivity contribution in [3.63, 3.8) is 0 Å². The molecule has 3 aliphatic rings. The molecule has 4 aromatic carbocycles. The molecule has 0 bridgehead atoms. The van der Waals surface area contributed by atoms with Gasteiger partial charge in [0.25, 0.3) is 5.91 Å². The van der Waals surface area contributed by atoms with Gasteiger partial charge < -0.3 is 9.80 Å². The summed E-state index contributed by atoms with van der Waals surface area (Å²) >= 11 is 1.72. The molecule has 4 aromatic rings. The monoisotopic (exact) mass is 532 g/mol. The van der Waals surface area contributed by atoms with Crippen LogP contribution in [0.25, 0.3) is 0 Å². The highest BCUT2D eigenvalue weighted by Crippen LogP contribution is 2.43. The molecule has 1 unspecified atom stereocenters. The lowest BCUT2D eigenvalue weighted by Crippen LogP contribution is -2.34. The molecule has 0 radical (unpaired) electrons. The molecule has 0 aliphatic carbocycles. The van der Waals surface area contributed by atoms with Gasteiger partial charge >= 0.3 is 0 Å². The van der Waals surface area contributed by atoms with Gasteiger partial charge in [0.1, 0.15) is 0 Å². The molecule has 39 heavy (non-hydrogen) atoms. The van der Waals surface area contributed by atoms with Gasteiger partial charge in [-0.3, -0.25) is 14.6 Å². The summed E-state index contributed by atoms with van der Waals surface area (Å²) in [4.78, 5) is 30.5. The molecule has 0 saturated heterocycles. The van der Waals surface area contributed by atoms with Gasteiger partial charge in [0.15, 0.2) is 11.4 Å². The third-order valence-electron chi connectivity index (χ3n) is 7.32. The minimum absolute atomic E-state index is 0.00623. The van der Waals surface area contributed by atoms with E-state index >= 15 is 0 Å². The Morgan fingerprint density at radius 3 is 2.28 bits per heavy atom. The van der Waals surface area contributed by atoms with E-state index in [1.54, 1.807) is 11.8 Å². The molecule has 3 heterocycles. The van der Waals surface area contributed by atoms with E-state index in [1.165, 1.54) is 10.6 Å². The number of aliphatic imine (C=N–C) groups is 1. The first-order chi connectivity index (χ1) is 19.2. The molecule has 3 aliphatic heterocycles. The summed E-state index contributed by atoms with van der Waals surface area (Å²) in [6.45, 7) is 3.40. The lowest BCUT2D eigenvalue weighted by atomic mass is 10.1. The number of amides is 1. The van der Waals surface area contributed by atoms with Crippen molar-refractivity contribution in [1.82, 2.24) is 9.96 Å². The fourth-order valence-corrected chi connectivity index (χ4v) is 6.50. The Labute approximate surface area is 232 Å². The van der Waals surface area contributed by atoms with Crippen LogP contribution in [-0.2, 0) is 24.5 Å². The zero-order chi connectivity index (χ0) is 26.2. The number of hydroxylamine groups is 2. The summed E-state index contributed by atoms with van der Waals surface area (Å²) < 4.78 is 0. The van der Waals surface area contributed by atoms with Crippen LogP contribution in [0.4, 0.5) is 5.69 Å². The van der Waals surface area contributed by atoms with E-state index in [4.69, 9.17) is 4.84 Å². The van der Waals surface area contributed by atoms with Crippen molar-refractivity contribution in [2.45, 2.75) is 30.8 Å². The summed E-state index contributed by atoms with van der Waals surface area (Å²) in [5.41, 5.74) is 6.17. The van der Waals surface area contributed by atoms with E-state index in [2.05, 4.69) is 52.4 Å². The van der Waals surface area contributed by atoms with Crippen molar-refractivity contribution >= 4 is 28.5 Å². The summed E-state index contributed by atoms with van der Waals surface area (Å²) in [5, 5.41) is 3.05. The van der Waals surface area contributed by atoms with Crippen LogP contribution in [0, 0.1) is 0 Å². The summed E-state index contributed by atoms with van der Waals surface area (Å²) in [6.07, 6.45) is -0.521. The number of carbonyl (C=O) groups excluding carboxylic acids is 1. The van der Waals surface area contributed by atoms with Gasteiger partial charge in [0.05, 0.1) is 12.2 Å². The molecule has 7 rings (SSSR count). The molecule has 194 valence electrons. The predicted octanol–water partition coefficient (Wildman–Crippen LogP) is 6.26.